The SMILES string of the molecule is OC[C@@H](/C=C/c1ccccc1)C12CC3CC(CC(C3)C1)C2. The van der Waals surface area contributed by atoms with E-state index in [0.717, 1.165) is 17.8 Å². The van der Waals surface area contributed by atoms with Crippen molar-refractivity contribution in [3.8, 4) is 0 Å². The van der Waals surface area contributed by atoms with Gasteiger partial charge in [0.25, 0.3) is 0 Å². The molecule has 0 aliphatic heterocycles. The monoisotopic (exact) mass is 282 g/mol. The maximum Gasteiger partial charge on any atom is 0.0499 e. The predicted molar refractivity (Wildman–Crippen MR) is 86.7 cm³/mol. The minimum atomic E-state index is 0.315. The van der Waals surface area contributed by atoms with Gasteiger partial charge in [-0.25, -0.2) is 0 Å². The lowest BCUT2D eigenvalue weighted by atomic mass is 9.46. The van der Waals surface area contributed by atoms with Crippen molar-refractivity contribution in [1.29, 1.82) is 0 Å². The number of hydrogen-bond acceptors (Lipinski definition) is 1. The second kappa shape index (κ2) is 5.28. The Morgan fingerprint density at radius 3 is 2.10 bits per heavy atom. The molecule has 0 spiro atoms. The van der Waals surface area contributed by atoms with Crippen molar-refractivity contribution in [3.63, 3.8) is 0 Å². The Hall–Kier alpha value is -1.08. The van der Waals surface area contributed by atoms with Crippen LogP contribution >= 0.6 is 0 Å². The largest absolute Gasteiger partial charge is 0.396 e. The Morgan fingerprint density at radius 1 is 1.00 bits per heavy atom. The maximum absolute atomic E-state index is 10.0. The zero-order valence-corrected chi connectivity index (χ0v) is 12.7. The first-order valence-electron chi connectivity index (χ1n) is 8.61. The fraction of sp³-hybridized carbons (Fsp3) is 0.600. The molecule has 0 radical (unpaired) electrons. The summed E-state index contributed by atoms with van der Waals surface area (Å²) in [6.45, 7) is 0.315. The van der Waals surface area contributed by atoms with Gasteiger partial charge in [0.2, 0.25) is 0 Å². The van der Waals surface area contributed by atoms with Gasteiger partial charge >= 0.3 is 0 Å². The summed E-state index contributed by atoms with van der Waals surface area (Å²) in [4.78, 5) is 0. The molecule has 1 aromatic rings. The Balaban J connectivity index is 1.57. The Labute approximate surface area is 128 Å². The van der Waals surface area contributed by atoms with E-state index in [0.29, 0.717) is 17.9 Å². The van der Waals surface area contributed by atoms with Gasteiger partial charge in [0.15, 0.2) is 0 Å². The molecule has 4 bridgehead atoms. The normalized spacial score (nSPS) is 39.0. The highest BCUT2D eigenvalue weighted by atomic mass is 16.3. The van der Waals surface area contributed by atoms with Crippen LogP contribution in [-0.4, -0.2) is 11.7 Å². The van der Waals surface area contributed by atoms with Crippen LogP contribution in [0.3, 0.4) is 0 Å². The van der Waals surface area contributed by atoms with Gasteiger partial charge in [-0.1, -0.05) is 42.5 Å². The van der Waals surface area contributed by atoms with Crippen molar-refractivity contribution < 1.29 is 5.11 Å². The average molecular weight is 282 g/mol. The number of benzene rings is 1. The van der Waals surface area contributed by atoms with E-state index >= 15 is 0 Å². The first-order chi connectivity index (χ1) is 10.3. The molecule has 21 heavy (non-hydrogen) atoms. The summed E-state index contributed by atoms with van der Waals surface area (Å²) in [6.07, 6.45) is 13.0. The van der Waals surface area contributed by atoms with Crippen molar-refractivity contribution in [1.82, 2.24) is 0 Å². The lowest BCUT2D eigenvalue weighted by Crippen LogP contribution is -2.50. The molecule has 112 valence electrons. The summed E-state index contributed by atoms with van der Waals surface area (Å²) in [6, 6.07) is 10.5. The number of aliphatic hydroxyl groups excluding tert-OH is 1. The standard InChI is InChI=1S/C20H26O/c21-14-19(7-6-15-4-2-1-3-5-15)20-11-16-8-17(12-20)10-18(9-16)13-20/h1-7,16-19,21H,8-14H2/b7-6+/t16?,17?,18?,19-,20?/m1/s1. The van der Waals surface area contributed by atoms with Crippen LogP contribution in [0.5, 0.6) is 0 Å². The van der Waals surface area contributed by atoms with Crippen molar-refractivity contribution in [2.45, 2.75) is 38.5 Å². The number of hydrogen-bond donors (Lipinski definition) is 1. The zero-order valence-electron chi connectivity index (χ0n) is 12.7. The van der Waals surface area contributed by atoms with Crippen LogP contribution in [0.15, 0.2) is 36.4 Å². The van der Waals surface area contributed by atoms with E-state index in [1.54, 1.807) is 0 Å². The summed E-state index contributed by atoms with van der Waals surface area (Å²) in [5.74, 6) is 3.22. The molecule has 4 aliphatic carbocycles. The number of aliphatic hydroxyl groups is 1. The highest BCUT2D eigenvalue weighted by molar-refractivity contribution is 5.49. The maximum atomic E-state index is 10.0. The molecule has 0 aromatic heterocycles. The predicted octanol–water partition coefficient (Wildman–Crippen LogP) is 4.52. The van der Waals surface area contributed by atoms with Crippen LogP contribution in [0.1, 0.15) is 44.1 Å². The smallest absolute Gasteiger partial charge is 0.0499 e. The minimum Gasteiger partial charge on any atom is -0.396 e. The molecule has 0 saturated heterocycles. The van der Waals surface area contributed by atoms with Gasteiger partial charge in [0.05, 0.1) is 0 Å². The van der Waals surface area contributed by atoms with Crippen molar-refractivity contribution in [2.75, 3.05) is 6.61 Å². The molecule has 4 fully saturated rings. The van der Waals surface area contributed by atoms with Crippen LogP contribution < -0.4 is 0 Å². The highest BCUT2D eigenvalue weighted by Gasteiger charge is 2.53. The van der Waals surface area contributed by atoms with E-state index < -0.39 is 0 Å². The van der Waals surface area contributed by atoms with Gasteiger partial charge < -0.3 is 5.11 Å². The van der Waals surface area contributed by atoms with Crippen molar-refractivity contribution in [3.05, 3.63) is 42.0 Å². The van der Waals surface area contributed by atoms with E-state index in [-0.39, 0.29) is 0 Å². The fourth-order valence-corrected chi connectivity index (χ4v) is 5.88. The third-order valence-electron chi connectivity index (χ3n) is 6.39. The third kappa shape index (κ3) is 2.46. The molecule has 1 N–H and O–H groups in total. The van der Waals surface area contributed by atoms with E-state index in [2.05, 4.69) is 42.5 Å². The molecule has 5 rings (SSSR count). The number of rotatable bonds is 4. The first kappa shape index (κ1) is 13.6. The minimum absolute atomic E-state index is 0.315. The second-order valence-electron chi connectivity index (χ2n) is 7.84. The molecule has 4 aliphatic rings. The van der Waals surface area contributed by atoms with Crippen LogP contribution in [0.4, 0.5) is 0 Å². The third-order valence-corrected chi connectivity index (χ3v) is 6.39. The molecule has 1 nitrogen and oxygen atoms in total. The molecule has 0 amide bonds. The topological polar surface area (TPSA) is 20.2 Å². The lowest BCUT2D eigenvalue weighted by molar-refractivity contribution is -0.0853. The Bertz CT molecular complexity index is 481. The lowest BCUT2D eigenvalue weighted by Gasteiger charge is -2.59. The summed E-state index contributed by atoms with van der Waals surface area (Å²) < 4.78 is 0. The molecule has 1 atom stereocenters. The molecule has 0 heterocycles. The zero-order chi connectivity index (χ0) is 14.3. The van der Waals surface area contributed by atoms with E-state index in [4.69, 9.17) is 0 Å². The molecule has 0 unspecified atom stereocenters. The van der Waals surface area contributed by atoms with Crippen LogP contribution in [0.2, 0.25) is 0 Å². The Kier molecular flexibility index (Phi) is 3.41. The highest BCUT2D eigenvalue weighted by Crippen LogP contribution is 2.62. The molecule has 4 saturated carbocycles. The summed E-state index contributed by atoms with van der Waals surface area (Å²) in [5.41, 5.74) is 1.66. The molecular weight excluding hydrogens is 256 g/mol. The van der Waals surface area contributed by atoms with Gasteiger partial charge in [0.1, 0.15) is 0 Å². The van der Waals surface area contributed by atoms with Gasteiger partial charge in [-0.2, -0.15) is 0 Å². The Morgan fingerprint density at radius 2 is 1.57 bits per heavy atom. The van der Waals surface area contributed by atoms with Gasteiger partial charge in [-0.05, 0) is 67.3 Å². The summed E-state index contributed by atoms with van der Waals surface area (Å²) in [7, 11) is 0. The molecule has 1 heteroatoms. The molecular formula is C20H26O. The van der Waals surface area contributed by atoms with Gasteiger partial charge in [0, 0.05) is 12.5 Å². The van der Waals surface area contributed by atoms with Crippen LogP contribution in [0.25, 0.3) is 6.08 Å². The first-order valence-corrected chi connectivity index (χ1v) is 8.61. The van der Waals surface area contributed by atoms with Crippen molar-refractivity contribution in [2.24, 2.45) is 29.1 Å². The van der Waals surface area contributed by atoms with E-state index in [9.17, 15) is 5.11 Å². The second-order valence-corrected chi connectivity index (χ2v) is 7.84. The summed E-state index contributed by atoms with van der Waals surface area (Å²) in [5, 5.41) is 10.0. The van der Waals surface area contributed by atoms with Gasteiger partial charge in [-0.15, -0.1) is 0 Å². The van der Waals surface area contributed by atoms with Crippen molar-refractivity contribution >= 4 is 6.08 Å². The van der Waals surface area contributed by atoms with E-state index in [1.807, 2.05) is 0 Å². The molecule has 1 aromatic carbocycles. The van der Waals surface area contributed by atoms with Crippen LogP contribution in [-0.2, 0) is 0 Å². The fourth-order valence-electron chi connectivity index (χ4n) is 5.88. The summed E-state index contributed by atoms with van der Waals surface area (Å²) >= 11 is 0. The average Bonchev–Trinajstić information content (AvgIpc) is 2.47. The van der Waals surface area contributed by atoms with Gasteiger partial charge in [-0.3, -0.25) is 0 Å². The van der Waals surface area contributed by atoms with E-state index in [1.165, 1.54) is 44.1 Å². The quantitative estimate of drug-likeness (QED) is 0.860. The van der Waals surface area contributed by atoms with Crippen LogP contribution in [0, 0.1) is 29.1 Å².